The van der Waals surface area contributed by atoms with E-state index in [-0.39, 0.29) is 11.4 Å². The van der Waals surface area contributed by atoms with Crippen LogP contribution in [0.15, 0.2) is 83.9 Å². The van der Waals surface area contributed by atoms with Crippen molar-refractivity contribution in [1.29, 1.82) is 0 Å². The molecule has 0 aliphatic carbocycles. The van der Waals surface area contributed by atoms with Crippen molar-refractivity contribution in [3.05, 3.63) is 89.6 Å². The highest BCUT2D eigenvalue weighted by atomic mass is 35.5. The van der Waals surface area contributed by atoms with Crippen LogP contribution in [0.5, 0.6) is 0 Å². The van der Waals surface area contributed by atoms with E-state index in [1.165, 1.54) is 0 Å². The minimum Gasteiger partial charge on any atom is -0.255 e. The second kappa shape index (κ2) is 7.67. The van der Waals surface area contributed by atoms with Crippen LogP contribution >= 0.6 is 11.6 Å². The van der Waals surface area contributed by atoms with Gasteiger partial charge in [-0.2, -0.15) is 0 Å². The van der Waals surface area contributed by atoms with Gasteiger partial charge >= 0.3 is 0 Å². The Kier molecular flexibility index (Phi) is 5.09. The van der Waals surface area contributed by atoms with E-state index in [0.29, 0.717) is 27.3 Å². The largest absolute Gasteiger partial charge is 0.255 e. The first-order chi connectivity index (χ1) is 13.5. The predicted octanol–water partition coefficient (Wildman–Crippen LogP) is 4.43. The Balaban J connectivity index is 1.65. The second-order valence-electron chi connectivity index (χ2n) is 6.19. The average molecular weight is 410 g/mol. The molecule has 0 spiro atoms. The van der Waals surface area contributed by atoms with Crippen molar-refractivity contribution in [1.82, 2.24) is 14.7 Å². The Morgan fingerprint density at radius 1 is 0.929 bits per heavy atom. The summed E-state index contributed by atoms with van der Waals surface area (Å²) < 4.78 is 28.0. The lowest BCUT2D eigenvalue weighted by molar-refractivity contribution is 0.581. The summed E-state index contributed by atoms with van der Waals surface area (Å²) in [5, 5.41) is 0.500. The van der Waals surface area contributed by atoms with Crippen molar-refractivity contribution < 1.29 is 8.42 Å². The number of aromatic nitrogens is 2. The molecule has 0 fully saturated rings. The second-order valence-corrected chi connectivity index (χ2v) is 8.37. The van der Waals surface area contributed by atoms with Gasteiger partial charge in [0, 0.05) is 18.3 Å². The van der Waals surface area contributed by atoms with Crippen molar-refractivity contribution in [3.8, 4) is 11.3 Å². The van der Waals surface area contributed by atoms with E-state index in [1.807, 2.05) is 42.5 Å². The maximum Gasteiger partial charge on any atom is 0.240 e. The predicted molar refractivity (Wildman–Crippen MR) is 110 cm³/mol. The summed E-state index contributed by atoms with van der Waals surface area (Å²) in [6, 6.07) is 21.3. The third-order valence-corrected chi connectivity index (χ3v) is 5.99. The first-order valence-corrected chi connectivity index (χ1v) is 10.4. The molecule has 0 amide bonds. The van der Waals surface area contributed by atoms with Crippen LogP contribution in [0.25, 0.3) is 22.3 Å². The SMILES string of the molecule is O=S(=O)(NCc1ccccc1)c1cccc(-c2ccc3nccc(Cl)c3n2)c1. The van der Waals surface area contributed by atoms with Crippen molar-refractivity contribution in [2.75, 3.05) is 0 Å². The first-order valence-electron chi connectivity index (χ1n) is 8.58. The zero-order chi connectivity index (χ0) is 19.6. The smallest absolute Gasteiger partial charge is 0.240 e. The van der Waals surface area contributed by atoms with E-state index in [0.717, 1.165) is 5.56 Å². The van der Waals surface area contributed by atoms with E-state index in [9.17, 15) is 8.42 Å². The van der Waals surface area contributed by atoms with E-state index >= 15 is 0 Å². The zero-order valence-electron chi connectivity index (χ0n) is 14.7. The molecule has 0 saturated carbocycles. The normalized spacial score (nSPS) is 11.6. The molecule has 2 aromatic heterocycles. The zero-order valence-corrected chi connectivity index (χ0v) is 16.3. The third kappa shape index (κ3) is 3.89. The molecule has 4 aromatic rings. The minimum atomic E-state index is -3.66. The number of benzene rings is 2. The lowest BCUT2D eigenvalue weighted by atomic mass is 10.1. The molecule has 2 aromatic carbocycles. The Morgan fingerprint density at radius 3 is 2.57 bits per heavy atom. The number of nitrogens with one attached hydrogen (secondary N) is 1. The molecule has 0 aliphatic rings. The van der Waals surface area contributed by atoms with Gasteiger partial charge in [-0.3, -0.25) is 4.98 Å². The fourth-order valence-electron chi connectivity index (χ4n) is 2.83. The molecule has 0 saturated heterocycles. The fourth-order valence-corrected chi connectivity index (χ4v) is 4.09. The molecule has 0 atom stereocenters. The van der Waals surface area contributed by atoms with Crippen LogP contribution in [-0.2, 0) is 16.6 Å². The summed E-state index contributed by atoms with van der Waals surface area (Å²) in [6.45, 7) is 0.225. The van der Waals surface area contributed by atoms with Crippen LogP contribution in [-0.4, -0.2) is 18.4 Å². The van der Waals surface area contributed by atoms with Crippen LogP contribution in [0.1, 0.15) is 5.56 Å². The van der Waals surface area contributed by atoms with Gasteiger partial charge in [-0.1, -0.05) is 54.1 Å². The Bertz CT molecular complexity index is 1240. The number of halogens is 1. The van der Waals surface area contributed by atoms with Gasteiger partial charge in [-0.25, -0.2) is 18.1 Å². The molecule has 0 unspecified atom stereocenters. The molecule has 7 heteroatoms. The fraction of sp³-hybridized carbons (Fsp3) is 0.0476. The topological polar surface area (TPSA) is 72.0 Å². The number of nitrogens with zero attached hydrogens (tertiary/aromatic N) is 2. The van der Waals surface area contributed by atoms with Crippen molar-refractivity contribution in [2.45, 2.75) is 11.4 Å². The molecule has 1 N–H and O–H groups in total. The first kappa shape index (κ1) is 18.6. The molecule has 0 bridgehead atoms. The lowest BCUT2D eigenvalue weighted by Crippen LogP contribution is -2.23. The summed E-state index contributed by atoms with van der Waals surface area (Å²) in [5.74, 6) is 0. The number of hydrogen-bond donors (Lipinski definition) is 1. The van der Waals surface area contributed by atoms with Crippen molar-refractivity contribution in [3.63, 3.8) is 0 Å². The van der Waals surface area contributed by atoms with E-state index in [2.05, 4.69) is 14.7 Å². The van der Waals surface area contributed by atoms with Crippen molar-refractivity contribution in [2.24, 2.45) is 0 Å². The minimum absolute atomic E-state index is 0.181. The highest BCUT2D eigenvalue weighted by molar-refractivity contribution is 7.89. The summed E-state index contributed by atoms with van der Waals surface area (Å²) in [7, 11) is -3.66. The number of fused-ring (bicyclic) bond motifs is 1. The van der Waals surface area contributed by atoms with E-state index in [4.69, 9.17) is 11.6 Å². The molecular weight excluding hydrogens is 394 g/mol. The number of hydrogen-bond acceptors (Lipinski definition) is 4. The van der Waals surface area contributed by atoms with Crippen LogP contribution in [0, 0.1) is 0 Å². The van der Waals surface area contributed by atoms with E-state index < -0.39 is 10.0 Å². The number of pyridine rings is 2. The summed E-state index contributed by atoms with van der Waals surface area (Å²) >= 11 is 6.21. The van der Waals surface area contributed by atoms with Gasteiger partial charge in [0.05, 0.1) is 21.1 Å². The summed E-state index contributed by atoms with van der Waals surface area (Å²) in [5.41, 5.74) is 3.47. The van der Waals surface area contributed by atoms with Gasteiger partial charge in [0.2, 0.25) is 10.0 Å². The summed E-state index contributed by atoms with van der Waals surface area (Å²) in [6.07, 6.45) is 1.62. The Labute approximate surface area is 168 Å². The molecule has 4 rings (SSSR count). The van der Waals surface area contributed by atoms with Gasteiger partial charge in [0.25, 0.3) is 0 Å². The molecule has 0 radical (unpaired) electrons. The standard InChI is InChI=1S/C21H16ClN3O2S/c22-18-11-12-23-20-10-9-19(25-21(18)20)16-7-4-8-17(13-16)28(26,27)24-14-15-5-2-1-3-6-15/h1-13,24H,14H2. The van der Waals surface area contributed by atoms with Gasteiger partial charge in [0.1, 0.15) is 5.52 Å². The molecule has 0 aliphatic heterocycles. The molecule has 5 nitrogen and oxygen atoms in total. The molecular formula is C21H16ClN3O2S. The average Bonchev–Trinajstić information content (AvgIpc) is 2.73. The van der Waals surface area contributed by atoms with Crippen LogP contribution < -0.4 is 4.72 Å². The third-order valence-electron chi connectivity index (χ3n) is 4.28. The monoisotopic (exact) mass is 409 g/mol. The molecule has 28 heavy (non-hydrogen) atoms. The molecule has 2 heterocycles. The van der Waals surface area contributed by atoms with Gasteiger partial charge in [-0.15, -0.1) is 0 Å². The van der Waals surface area contributed by atoms with Gasteiger partial charge in [-0.05, 0) is 35.9 Å². The van der Waals surface area contributed by atoms with Crippen LogP contribution in [0.4, 0.5) is 0 Å². The van der Waals surface area contributed by atoms with Crippen molar-refractivity contribution >= 4 is 32.7 Å². The van der Waals surface area contributed by atoms with Gasteiger partial charge in [0.15, 0.2) is 0 Å². The lowest BCUT2D eigenvalue weighted by Gasteiger charge is -2.09. The number of sulfonamides is 1. The van der Waals surface area contributed by atoms with Gasteiger partial charge < -0.3 is 0 Å². The quantitative estimate of drug-likeness (QED) is 0.529. The Hall–Kier alpha value is -2.80. The molecule has 140 valence electrons. The maximum atomic E-state index is 12.7. The van der Waals surface area contributed by atoms with Crippen LogP contribution in [0.3, 0.4) is 0 Å². The Morgan fingerprint density at radius 2 is 1.75 bits per heavy atom. The summed E-state index contributed by atoms with van der Waals surface area (Å²) in [4.78, 5) is 8.97. The maximum absolute atomic E-state index is 12.7. The number of rotatable bonds is 5. The van der Waals surface area contributed by atoms with E-state index in [1.54, 1.807) is 36.5 Å². The highest BCUT2D eigenvalue weighted by Crippen LogP contribution is 2.26. The highest BCUT2D eigenvalue weighted by Gasteiger charge is 2.15. The van der Waals surface area contributed by atoms with Crippen LogP contribution in [0.2, 0.25) is 5.02 Å².